The Kier molecular flexibility index (Phi) is 5.72. The van der Waals surface area contributed by atoms with E-state index in [-0.39, 0.29) is 23.7 Å². The van der Waals surface area contributed by atoms with Gasteiger partial charge in [0.05, 0.1) is 28.6 Å². The molecule has 1 aliphatic rings. The molecule has 172 valence electrons. The number of aliphatic carboxylic acids is 1. The molecule has 0 amide bonds. The van der Waals surface area contributed by atoms with Crippen LogP contribution in [0.5, 0.6) is 0 Å². The van der Waals surface area contributed by atoms with Crippen molar-refractivity contribution in [1.82, 2.24) is 20.2 Å². The van der Waals surface area contributed by atoms with Gasteiger partial charge in [-0.2, -0.15) is 5.26 Å². The Morgan fingerprint density at radius 2 is 1.94 bits per heavy atom. The molecule has 0 saturated heterocycles. The van der Waals surface area contributed by atoms with Crippen molar-refractivity contribution in [3.05, 3.63) is 53.6 Å². The van der Waals surface area contributed by atoms with E-state index in [4.69, 9.17) is 9.68 Å². The fraction of sp³-hybridized carbons (Fsp3) is 0.320. The Morgan fingerprint density at radius 1 is 1.18 bits per heavy atom. The number of benzene rings is 2. The van der Waals surface area contributed by atoms with Crippen molar-refractivity contribution >= 4 is 28.7 Å². The maximum absolute atomic E-state index is 11.3. The second-order valence-electron chi connectivity index (χ2n) is 8.83. The van der Waals surface area contributed by atoms with Crippen molar-refractivity contribution < 1.29 is 14.3 Å². The minimum Gasteiger partial charge on any atom is -0.481 e. The molecule has 3 N–H and O–H groups in total. The third-order valence-corrected chi connectivity index (χ3v) is 6.74. The number of fused-ring (bicyclic) bond motifs is 1. The third-order valence-electron chi connectivity index (χ3n) is 6.74. The van der Waals surface area contributed by atoms with Crippen molar-refractivity contribution in [2.24, 2.45) is 11.8 Å². The van der Waals surface area contributed by atoms with E-state index in [2.05, 4.69) is 43.7 Å². The molecule has 9 heteroatoms. The molecule has 34 heavy (non-hydrogen) atoms. The SMILES string of the molecule is CC(C(=O)O)[C@H]1CC[C@H](c2ccc3[nH]c(-c4nnc(Nc5ccc(C#N)cc5)o4)nc3c2)CC1. The highest BCUT2D eigenvalue weighted by Gasteiger charge is 2.29. The highest BCUT2D eigenvalue weighted by Crippen LogP contribution is 2.39. The molecule has 1 atom stereocenters. The van der Waals surface area contributed by atoms with Crippen LogP contribution < -0.4 is 5.32 Å². The molecule has 1 aliphatic carbocycles. The highest BCUT2D eigenvalue weighted by molar-refractivity contribution is 5.79. The standard InChI is InChI=1S/C25H24N6O3/c1-14(24(32)33)16-4-6-17(7-5-16)18-8-11-20-21(12-18)29-22(28-20)23-30-31-25(34-23)27-19-9-2-15(13-26)3-10-19/h2-3,8-12,14,16-17H,4-7H2,1H3,(H,27,31)(H,28,29)(H,32,33)/t14?,16-,17-. The monoisotopic (exact) mass is 456 g/mol. The quantitative estimate of drug-likeness (QED) is 0.358. The lowest BCUT2D eigenvalue weighted by Crippen LogP contribution is -2.24. The molecule has 1 unspecified atom stereocenters. The third kappa shape index (κ3) is 4.35. The second kappa shape index (κ2) is 8.98. The number of imidazole rings is 1. The van der Waals surface area contributed by atoms with Gasteiger partial charge in [0.2, 0.25) is 0 Å². The van der Waals surface area contributed by atoms with Gasteiger partial charge in [0.15, 0.2) is 5.82 Å². The van der Waals surface area contributed by atoms with Gasteiger partial charge in [0.25, 0.3) is 5.89 Å². The Balaban J connectivity index is 1.29. The number of carboxylic acids is 1. The van der Waals surface area contributed by atoms with Gasteiger partial charge >= 0.3 is 12.0 Å². The van der Waals surface area contributed by atoms with Gasteiger partial charge in [-0.15, -0.1) is 5.10 Å². The molecule has 2 aromatic heterocycles. The van der Waals surface area contributed by atoms with Crippen LogP contribution in [0.1, 0.15) is 49.7 Å². The van der Waals surface area contributed by atoms with Crippen LogP contribution in [-0.2, 0) is 4.79 Å². The zero-order valence-electron chi connectivity index (χ0n) is 18.7. The molecular formula is C25H24N6O3. The van der Waals surface area contributed by atoms with Crippen LogP contribution in [0.15, 0.2) is 46.9 Å². The van der Waals surface area contributed by atoms with Gasteiger partial charge < -0.3 is 19.8 Å². The molecule has 4 aromatic rings. The number of aromatic amines is 1. The summed E-state index contributed by atoms with van der Waals surface area (Å²) in [6, 6.07) is 15.5. The zero-order valence-corrected chi connectivity index (χ0v) is 18.7. The molecule has 9 nitrogen and oxygen atoms in total. The molecule has 2 aromatic carbocycles. The smallest absolute Gasteiger partial charge is 0.320 e. The topological polar surface area (TPSA) is 141 Å². The first kappa shape index (κ1) is 21.6. The van der Waals surface area contributed by atoms with Crippen molar-refractivity contribution in [2.45, 2.75) is 38.5 Å². The molecule has 0 aliphatic heterocycles. The van der Waals surface area contributed by atoms with Crippen LogP contribution in [0.25, 0.3) is 22.7 Å². The van der Waals surface area contributed by atoms with Gasteiger partial charge in [0.1, 0.15) is 0 Å². The van der Waals surface area contributed by atoms with E-state index >= 15 is 0 Å². The lowest BCUT2D eigenvalue weighted by atomic mass is 9.74. The molecule has 2 heterocycles. The predicted molar refractivity (Wildman–Crippen MR) is 125 cm³/mol. The van der Waals surface area contributed by atoms with Crippen molar-refractivity contribution in [3.8, 4) is 17.8 Å². The maximum atomic E-state index is 11.3. The maximum Gasteiger partial charge on any atom is 0.320 e. The average Bonchev–Trinajstić information content (AvgIpc) is 3.50. The Morgan fingerprint density at radius 3 is 2.65 bits per heavy atom. The summed E-state index contributed by atoms with van der Waals surface area (Å²) in [6.07, 6.45) is 3.83. The number of nitrogens with one attached hydrogen (secondary N) is 2. The number of H-pyrrole nitrogens is 1. The summed E-state index contributed by atoms with van der Waals surface area (Å²) in [5.74, 6) is 0.435. The number of rotatable bonds is 6. The summed E-state index contributed by atoms with van der Waals surface area (Å²) < 4.78 is 5.72. The van der Waals surface area contributed by atoms with Gasteiger partial charge in [0, 0.05) is 5.69 Å². The number of nitriles is 1. The highest BCUT2D eigenvalue weighted by atomic mass is 16.4. The van der Waals surface area contributed by atoms with Crippen LogP contribution in [-0.4, -0.2) is 31.2 Å². The lowest BCUT2D eigenvalue weighted by molar-refractivity contribution is -0.143. The predicted octanol–water partition coefficient (Wildman–Crippen LogP) is 5.22. The first-order chi connectivity index (χ1) is 16.5. The van der Waals surface area contributed by atoms with Crippen molar-refractivity contribution in [1.29, 1.82) is 5.26 Å². The van der Waals surface area contributed by atoms with E-state index in [1.165, 1.54) is 5.56 Å². The summed E-state index contributed by atoms with van der Waals surface area (Å²) >= 11 is 0. The lowest BCUT2D eigenvalue weighted by Gasteiger charge is -2.30. The number of aromatic nitrogens is 4. The largest absolute Gasteiger partial charge is 0.481 e. The zero-order chi connectivity index (χ0) is 23.7. The minimum atomic E-state index is -0.704. The number of hydrogen-bond acceptors (Lipinski definition) is 7. The first-order valence-corrected chi connectivity index (χ1v) is 11.3. The van der Waals surface area contributed by atoms with E-state index in [0.29, 0.717) is 17.3 Å². The molecule has 0 bridgehead atoms. The molecule has 5 rings (SSSR count). The van der Waals surface area contributed by atoms with Crippen LogP contribution in [0.3, 0.4) is 0 Å². The summed E-state index contributed by atoms with van der Waals surface area (Å²) in [6.45, 7) is 1.81. The Bertz CT molecular complexity index is 1360. The number of hydrogen-bond donors (Lipinski definition) is 3. The van der Waals surface area contributed by atoms with E-state index in [1.54, 1.807) is 24.3 Å². The first-order valence-electron chi connectivity index (χ1n) is 11.3. The number of nitrogens with zero attached hydrogens (tertiary/aromatic N) is 4. The van der Waals surface area contributed by atoms with Crippen LogP contribution in [0.2, 0.25) is 0 Å². The molecule has 1 saturated carbocycles. The molecular weight excluding hydrogens is 432 g/mol. The Hall–Kier alpha value is -4.19. The number of carbonyl (C=O) groups is 1. The van der Waals surface area contributed by atoms with E-state index in [9.17, 15) is 9.90 Å². The van der Waals surface area contributed by atoms with Crippen LogP contribution in [0, 0.1) is 23.2 Å². The molecule has 0 spiro atoms. The van der Waals surface area contributed by atoms with E-state index in [0.717, 1.165) is 42.4 Å². The van der Waals surface area contributed by atoms with Gasteiger partial charge in [-0.05, 0) is 79.5 Å². The van der Waals surface area contributed by atoms with Gasteiger partial charge in [-0.3, -0.25) is 4.79 Å². The summed E-state index contributed by atoms with van der Waals surface area (Å²) in [5.41, 5.74) is 4.23. The molecule has 1 fully saturated rings. The van der Waals surface area contributed by atoms with Gasteiger partial charge in [-0.1, -0.05) is 18.1 Å². The fourth-order valence-corrected chi connectivity index (χ4v) is 4.65. The summed E-state index contributed by atoms with van der Waals surface area (Å²) in [5, 5.41) is 29.3. The Labute approximate surface area is 195 Å². The van der Waals surface area contributed by atoms with Gasteiger partial charge in [-0.25, -0.2) is 4.98 Å². The summed E-state index contributed by atoms with van der Waals surface area (Å²) in [4.78, 5) is 19.2. The van der Waals surface area contributed by atoms with E-state index < -0.39 is 5.97 Å². The minimum absolute atomic E-state index is 0.230. The normalized spacial score (nSPS) is 18.9. The van der Waals surface area contributed by atoms with Crippen molar-refractivity contribution in [3.63, 3.8) is 0 Å². The fourth-order valence-electron chi connectivity index (χ4n) is 4.65. The van der Waals surface area contributed by atoms with Crippen molar-refractivity contribution in [2.75, 3.05) is 5.32 Å². The number of anilines is 2. The molecule has 0 radical (unpaired) electrons. The number of carboxylic acid groups (broad SMARTS) is 1. The van der Waals surface area contributed by atoms with Crippen LogP contribution in [0.4, 0.5) is 11.7 Å². The summed E-state index contributed by atoms with van der Waals surface area (Å²) in [7, 11) is 0. The van der Waals surface area contributed by atoms with E-state index in [1.807, 2.05) is 13.0 Å². The van der Waals surface area contributed by atoms with Crippen LogP contribution >= 0.6 is 0 Å². The average molecular weight is 457 g/mol. The second-order valence-corrected chi connectivity index (χ2v) is 8.83.